The predicted molar refractivity (Wildman–Crippen MR) is 62.5 cm³/mol. The van der Waals surface area contributed by atoms with Crippen LogP contribution in [0.1, 0.15) is 31.0 Å². The lowest BCUT2D eigenvalue weighted by molar-refractivity contribution is -0.124. The normalized spacial score (nSPS) is 11.9. The van der Waals surface area contributed by atoms with E-state index in [9.17, 15) is 4.79 Å². The van der Waals surface area contributed by atoms with Gasteiger partial charge in [-0.05, 0) is 12.5 Å². The largest absolute Gasteiger partial charge is 0.336 e. The van der Waals surface area contributed by atoms with Crippen LogP contribution in [0.15, 0.2) is 24.3 Å². The molecule has 0 bridgehead atoms. The smallest absolute Gasteiger partial charge is 0.223 e. The zero-order valence-corrected chi connectivity index (χ0v) is 9.82. The summed E-state index contributed by atoms with van der Waals surface area (Å²) in [5.41, 5.74) is 1.96. The molecule has 1 rings (SSSR count). The van der Waals surface area contributed by atoms with Gasteiger partial charge in [-0.15, -0.1) is 0 Å². The van der Waals surface area contributed by atoms with Crippen molar-refractivity contribution < 1.29 is 4.79 Å². The molecular weight excluding hydrogens is 200 g/mol. The standard InChI is InChI=1S/C13H16N2O/c1-9(2)13(16)15-12(8-14)11-6-4-10(3)5-7-11/h4-7,9,12H,1-3H3,(H,15,16). The maximum atomic E-state index is 11.5. The van der Waals surface area contributed by atoms with Crippen LogP contribution in [0.3, 0.4) is 0 Å². The summed E-state index contributed by atoms with van der Waals surface area (Å²) in [6.07, 6.45) is 0. The molecule has 1 atom stereocenters. The highest BCUT2D eigenvalue weighted by molar-refractivity contribution is 5.78. The van der Waals surface area contributed by atoms with Gasteiger partial charge in [-0.2, -0.15) is 5.26 Å². The molecule has 3 heteroatoms. The fourth-order valence-corrected chi connectivity index (χ4v) is 1.26. The van der Waals surface area contributed by atoms with Crippen LogP contribution in [0.5, 0.6) is 0 Å². The van der Waals surface area contributed by atoms with Crippen molar-refractivity contribution in [1.82, 2.24) is 5.32 Å². The van der Waals surface area contributed by atoms with E-state index < -0.39 is 6.04 Å². The number of benzene rings is 1. The molecule has 84 valence electrons. The second kappa shape index (κ2) is 5.32. The second-order valence-corrected chi connectivity index (χ2v) is 4.14. The lowest BCUT2D eigenvalue weighted by atomic mass is 10.1. The molecule has 0 aliphatic rings. The molecule has 1 amide bonds. The molecule has 0 aliphatic heterocycles. The summed E-state index contributed by atoms with van der Waals surface area (Å²) < 4.78 is 0. The molecule has 0 fully saturated rings. The average molecular weight is 216 g/mol. The number of hydrogen-bond acceptors (Lipinski definition) is 2. The summed E-state index contributed by atoms with van der Waals surface area (Å²) in [4.78, 5) is 11.5. The van der Waals surface area contributed by atoms with Crippen LogP contribution < -0.4 is 5.32 Å². The van der Waals surface area contributed by atoms with Gasteiger partial charge in [-0.1, -0.05) is 43.7 Å². The Balaban J connectivity index is 2.80. The van der Waals surface area contributed by atoms with Gasteiger partial charge >= 0.3 is 0 Å². The number of carbonyl (C=O) groups is 1. The highest BCUT2D eigenvalue weighted by Gasteiger charge is 2.15. The summed E-state index contributed by atoms with van der Waals surface area (Å²) in [5, 5.41) is 11.7. The van der Waals surface area contributed by atoms with E-state index in [1.807, 2.05) is 31.2 Å². The molecule has 1 aromatic carbocycles. The number of nitrogens with zero attached hydrogens (tertiary/aromatic N) is 1. The third kappa shape index (κ3) is 3.09. The Labute approximate surface area is 96.1 Å². The number of carbonyl (C=O) groups excluding carboxylic acids is 1. The second-order valence-electron chi connectivity index (χ2n) is 4.14. The van der Waals surface area contributed by atoms with E-state index in [-0.39, 0.29) is 11.8 Å². The van der Waals surface area contributed by atoms with Gasteiger partial charge in [0.15, 0.2) is 0 Å². The van der Waals surface area contributed by atoms with Gasteiger partial charge in [0.2, 0.25) is 5.91 Å². The minimum Gasteiger partial charge on any atom is -0.336 e. The van der Waals surface area contributed by atoms with Crippen molar-refractivity contribution in [1.29, 1.82) is 5.26 Å². The third-order valence-electron chi connectivity index (χ3n) is 2.35. The third-order valence-corrected chi connectivity index (χ3v) is 2.35. The van der Waals surface area contributed by atoms with Gasteiger partial charge < -0.3 is 5.32 Å². The highest BCUT2D eigenvalue weighted by atomic mass is 16.1. The molecule has 0 radical (unpaired) electrons. The molecule has 0 saturated heterocycles. The van der Waals surface area contributed by atoms with E-state index in [0.29, 0.717) is 0 Å². The first kappa shape index (κ1) is 12.3. The Hall–Kier alpha value is -1.82. The van der Waals surface area contributed by atoms with Gasteiger partial charge in [0.25, 0.3) is 0 Å². The molecule has 1 aromatic rings. The molecule has 1 N–H and O–H groups in total. The maximum Gasteiger partial charge on any atom is 0.223 e. The van der Waals surface area contributed by atoms with E-state index in [1.54, 1.807) is 13.8 Å². The van der Waals surface area contributed by atoms with Crippen LogP contribution in [-0.2, 0) is 4.79 Å². The monoisotopic (exact) mass is 216 g/mol. The zero-order valence-electron chi connectivity index (χ0n) is 9.82. The molecule has 3 nitrogen and oxygen atoms in total. The van der Waals surface area contributed by atoms with Crippen molar-refractivity contribution in [3.63, 3.8) is 0 Å². The minimum absolute atomic E-state index is 0.105. The van der Waals surface area contributed by atoms with Gasteiger partial charge in [-0.3, -0.25) is 4.79 Å². The van der Waals surface area contributed by atoms with Crippen molar-refractivity contribution in [2.45, 2.75) is 26.8 Å². The summed E-state index contributed by atoms with van der Waals surface area (Å²) >= 11 is 0. The summed E-state index contributed by atoms with van der Waals surface area (Å²) in [7, 11) is 0. The molecule has 0 saturated carbocycles. The minimum atomic E-state index is -0.560. The van der Waals surface area contributed by atoms with Crippen molar-refractivity contribution in [3.8, 4) is 6.07 Å². The lowest BCUT2D eigenvalue weighted by Gasteiger charge is -2.13. The van der Waals surface area contributed by atoms with Crippen LogP contribution in [0, 0.1) is 24.2 Å². The quantitative estimate of drug-likeness (QED) is 0.843. The van der Waals surface area contributed by atoms with E-state index in [2.05, 4.69) is 11.4 Å². The van der Waals surface area contributed by atoms with E-state index in [0.717, 1.165) is 11.1 Å². The number of rotatable bonds is 3. The first-order chi connectivity index (χ1) is 7.54. The van der Waals surface area contributed by atoms with E-state index in [4.69, 9.17) is 5.26 Å². The number of hydrogen-bond donors (Lipinski definition) is 1. The van der Waals surface area contributed by atoms with Gasteiger partial charge in [-0.25, -0.2) is 0 Å². The summed E-state index contributed by atoms with van der Waals surface area (Å²) in [6.45, 7) is 5.59. The van der Waals surface area contributed by atoms with Gasteiger partial charge in [0.1, 0.15) is 6.04 Å². The highest BCUT2D eigenvalue weighted by Crippen LogP contribution is 2.13. The fourth-order valence-electron chi connectivity index (χ4n) is 1.26. The van der Waals surface area contributed by atoms with Crippen molar-refractivity contribution in [2.24, 2.45) is 5.92 Å². The Bertz CT molecular complexity index is 401. The molecule has 0 aromatic heterocycles. The first-order valence-corrected chi connectivity index (χ1v) is 5.31. The SMILES string of the molecule is Cc1ccc(C(C#N)NC(=O)C(C)C)cc1. The number of nitrogens with one attached hydrogen (secondary N) is 1. The van der Waals surface area contributed by atoms with Crippen LogP contribution in [0.25, 0.3) is 0 Å². The Morgan fingerprint density at radius 2 is 1.88 bits per heavy atom. The molecule has 1 unspecified atom stereocenters. The molecular formula is C13H16N2O. The number of amides is 1. The van der Waals surface area contributed by atoms with Crippen molar-refractivity contribution in [3.05, 3.63) is 35.4 Å². The zero-order chi connectivity index (χ0) is 12.1. The number of nitriles is 1. The average Bonchev–Trinajstić information content (AvgIpc) is 2.26. The Kier molecular flexibility index (Phi) is 4.07. The van der Waals surface area contributed by atoms with Crippen LogP contribution in [-0.4, -0.2) is 5.91 Å². The topological polar surface area (TPSA) is 52.9 Å². The first-order valence-electron chi connectivity index (χ1n) is 5.31. The number of aryl methyl sites for hydroxylation is 1. The molecule has 0 aliphatic carbocycles. The maximum absolute atomic E-state index is 11.5. The Morgan fingerprint density at radius 1 is 1.31 bits per heavy atom. The lowest BCUT2D eigenvalue weighted by Crippen LogP contribution is -2.31. The summed E-state index contributed by atoms with van der Waals surface area (Å²) in [5.74, 6) is -0.214. The van der Waals surface area contributed by atoms with Crippen LogP contribution in [0.2, 0.25) is 0 Å². The van der Waals surface area contributed by atoms with Crippen molar-refractivity contribution in [2.75, 3.05) is 0 Å². The van der Waals surface area contributed by atoms with Crippen molar-refractivity contribution >= 4 is 5.91 Å². The van der Waals surface area contributed by atoms with Gasteiger partial charge in [0.05, 0.1) is 6.07 Å². The van der Waals surface area contributed by atoms with Gasteiger partial charge in [0, 0.05) is 5.92 Å². The molecule has 0 spiro atoms. The Morgan fingerprint density at radius 3 is 2.31 bits per heavy atom. The predicted octanol–water partition coefficient (Wildman–Crippen LogP) is 2.33. The summed E-state index contributed by atoms with van der Waals surface area (Å²) in [6, 6.07) is 9.13. The van der Waals surface area contributed by atoms with E-state index in [1.165, 1.54) is 0 Å². The van der Waals surface area contributed by atoms with E-state index >= 15 is 0 Å². The fraction of sp³-hybridized carbons (Fsp3) is 0.385. The molecule has 0 heterocycles. The van der Waals surface area contributed by atoms with Crippen LogP contribution >= 0.6 is 0 Å². The van der Waals surface area contributed by atoms with Crippen LogP contribution in [0.4, 0.5) is 0 Å². The molecule has 16 heavy (non-hydrogen) atoms.